The van der Waals surface area contributed by atoms with Crippen molar-refractivity contribution < 1.29 is 18.0 Å². The number of nitrogens with one attached hydrogen (secondary N) is 1. The van der Waals surface area contributed by atoms with Gasteiger partial charge in [-0.2, -0.15) is 0 Å². The average molecular weight is 393 g/mol. The molecule has 0 bridgehead atoms. The third-order valence-electron chi connectivity index (χ3n) is 4.43. The van der Waals surface area contributed by atoms with Gasteiger partial charge in [0.1, 0.15) is 0 Å². The van der Waals surface area contributed by atoms with Gasteiger partial charge in [-0.05, 0) is 43.3 Å². The maximum atomic E-state index is 12.5. The van der Waals surface area contributed by atoms with E-state index in [-0.39, 0.29) is 29.2 Å². The standard InChI is InChI=1S/C18H20N2O4S2/c1-13(21)14-6-8-15(9-7-14)26(23,24)19-12-18(22)20-10-2-4-16(20)17-5-3-11-25-17/h3,5-9,11,16,19H,2,4,10,12H2,1H3. The van der Waals surface area contributed by atoms with Gasteiger partial charge in [-0.15, -0.1) is 11.3 Å². The summed E-state index contributed by atoms with van der Waals surface area (Å²) in [5.41, 5.74) is 0.441. The second-order valence-electron chi connectivity index (χ2n) is 6.17. The molecule has 2 aromatic rings. The van der Waals surface area contributed by atoms with E-state index in [2.05, 4.69) is 4.72 Å². The number of hydrogen-bond donors (Lipinski definition) is 1. The van der Waals surface area contributed by atoms with Crippen molar-refractivity contribution in [1.82, 2.24) is 9.62 Å². The fourth-order valence-corrected chi connectivity index (χ4v) is 4.90. The predicted octanol–water partition coefficient (Wildman–Crippen LogP) is 2.59. The van der Waals surface area contributed by atoms with Crippen molar-refractivity contribution in [3.05, 3.63) is 52.2 Å². The van der Waals surface area contributed by atoms with Gasteiger partial charge < -0.3 is 4.90 Å². The van der Waals surface area contributed by atoms with Crippen LogP contribution in [0.4, 0.5) is 0 Å². The molecule has 26 heavy (non-hydrogen) atoms. The van der Waals surface area contributed by atoms with Gasteiger partial charge >= 0.3 is 0 Å². The Kier molecular flexibility index (Phi) is 5.55. The van der Waals surface area contributed by atoms with Crippen LogP contribution in [0.2, 0.25) is 0 Å². The molecular formula is C18H20N2O4S2. The molecule has 0 saturated carbocycles. The number of carbonyl (C=O) groups is 2. The van der Waals surface area contributed by atoms with E-state index in [0.717, 1.165) is 17.7 Å². The van der Waals surface area contributed by atoms with E-state index in [1.807, 2.05) is 17.5 Å². The van der Waals surface area contributed by atoms with Crippen LogP contribution in [0.3, 0.4) is 0 Å². The fraction of sp³-hybridized carbons (Fsp3) is 0.333. The molecule has 1 aliphatic rings. The minimum Gasteiger partial charge on any atom is -0.334 e. The highest BCUT2D eigenvalue weighted by Gasteiger charge is 2.31. The van der Waals surface area contributed by atoms with Gasteiger partial charge in [-0.25, -0.2) is 13.1 Å². The van der Waals surface area contributed by atoms with Crippen LogP contribution in [0, 0.1) is 0 Å². The van der Waals surface area contributed by atoms with Gasteiger partial charge in [0.25, 0.3) is 0 Å². The predicted molar refractivity (Wildman–Crippen MR) is 99.6 cm³/mol. The zero-order valence-electron chi connectivity index (χ0n) is 14.3. The summed E-state index contributed by atoms with van der Waals surface area (Å²) in [6.45, 7) is 1.77. The van der Waals surface area contributed by atoms with Crippen molar-refractivity contribution in [2.45, 2.75) is 30.7 Å². The Labute approximate surface area is 156 Å². The molecule has 6 nitrogen and oxygen atoms in total. The first-order valence-corrected chi connectivity index (χ1v) is 10.7. The largest absolute Gasteiger partial charge is 0.334 e. The summed E-state index contributed by atoms with van der Waals surface area (Å²) in [6.07, 6.45) is 1.80. The molecular weight excluding hydrogens is 372 g/mol. The Bertz CT molecular complexity index is 890. The van der Waals surface area contributed by atoms with Crippen molar-refractivity contribution in [1.29, 1.82) is 0 Å². The van der Waals surface area contributed by atoms with Gasteiger partial charge in [0, 0.05) is 17.0 Å². The zero-order chi connectivity index (χ0) is 18.7. The summed E-state index contributed by atoms with van der Waals surface area (Å²) < 4.78 is 27.1. The third-order valence-corrected chi connectivity index (χ3v) is 6.82. The summed E-state index contributed by atoms with van der Waals surface area (Å²) in [4.78, 5) is 26.7. The smallest absolute Gasteiger partial charge is 0.241 e. The molecule has 2 heterocycles. The number of hydrogen-bond acceptors (Lipinski definition) is 5. The van der Waals surface area contributed by atoms with E-state index in [9.17, 15) is 18.0 Å². The number of likely N-dealkylation sites (tertiary alicyclic amines) is 1. The zero-order valence-corrected chi connectivity index (χ0v) is 16.0. The van der Waals surface area contributed by atoms with Gasteiger partial charge in [0.2, 0.25) is 15.9 Å². The number of Topliss-reactive ketones (excluding diaryl/α,β-unsaturated/α-hetero) is 1. The highest BCUT2D eigenvalue weighted by atomic mass is 32.2. The molecule has 1 atom stereocenters. The molecule has 1 N–H and O–H groups in total. The first kappa shape index (κ1) is 18.8. The van der Waals surface area contributed by atoms with Crippen LogP contribution in [-0.4, -0.2) is 38.1 Å². The molecule has 138 valence electrons. The molecule has 0 spiro atoms. The minimum absolute atomic E-state index is 0.0295. The summed E-state index contributed by atoms with van der Waals surface area (Å²) in [5, 5.41) is 1.98. The van der Waals surface area contributed by atoms with E-state index in [1.165, 1.54) is 31.2 Å². The van der Waals surface area contributed by atoms with Crippen LogP contribution >= 0.6 is 11.3 Å². The quantitative estimate of drug-likeness (QED) is 0.766. The van der Waals surface area contributed by atoms with Crippen molar-refractivity contribution in [3.8, 4) is 0 Å². The Hall–Kier alpha value is -2.03. The van der Waals surface area contributed by atoms with Gasteiger partial charge in [-0.1, -0.05) is 18.2 Å². The van der Waals surface area contributed by atoms with Crippen LogP contribution in [-0.2, 0) is 14.8 Å². The van der Waals surface area contributed by atoms with Gasteiger partial charge in [0.15, 0.2) is 5.78 Å². The van der Waals surface area contributed by atoms with Crippen molar-refractivity contribution in [3.63, 3.8) is 0 Å². The Balaban J connectivity index is 1.65. The molecule has 3 rings (SSSR count). The number of carbonyl (C=O) groups excluding carboxylic acids is 2. The van der Waals surface area contributed by atoms with E-state index < -0.39 is 10.0 Å². The number of nitrogens with zero attached hydrogens (tertiary/aromatic N) is 1. The number of benzene rings is 1. The lowest BCUT2D eigenvalue weighted by atomic mass is 10.2. The van der Waals surface area contributed by atoms with Gasteiger partial charge in [0.05, 0.1) is 17.5 Å². The SMILES string of the molecule is CC(=O)c1ccc(S(=O)(=O)NCC(=O)N2CCCC2c2cccs2)cc1. The Morgan fingerprint density at radius 2 is 1.96 bits per heavy atom. The number of rotatable bonds is 6. The van der Waals surface area contributed by atoms with Crippen molar-refractivity contribution in [2.75, 3.05) is 13.1 Å². The number of thiophene rings is 1. The lowest BCUT2D eigenvalue weighted by Crippen LogP contribution is -2.39. The molecule has 1 aliphatic heterocycles. The summed E-state index contributed by atoms with van der Waals surface area (Å²) in [6, 6.07) is 9.65. The highest BCUT2D eigenvalue weighted by Crippen LogP contribution is 2.34. The molecule has 1 amide bonds. The van der Waals surface area contributed by atoms with E-state index in [0.29, 0.717) is 12.1 Å². The second-order valence-corrected chi connectivity index (χ2v) is 8.91. The van der Waals surface area contributed by atoms with E-state index in [1.54, 1.807) is 16.2 Å². The number of amides is 1. The molecule has 8 heteroatoms. The van der Waals surface area contributed by atoms with E-state index >= 15 is 0 Å². The summed E-state index contributed by atoms with van der Waals surface area (Å²) in [5.74, 6) is -0.365. The topological polar surface area (TPSA) is 83.5 Å². The third kappa shape index (κ3) is 4.03. The van der Waals surface area contributed by atoms with Crippen LogP contribution in [0.5, 0.6) is 0 Å². The van der Waals surface area contributed by atoms with Crippen molar-refractivity contribution in [2.24, 2.45) is 0 Å². The van der Waals surface area contributed by atoms with Crippen LogP contribution in [0.15, 0.2) is 46.7 Å². The second kappa shape index (κ2) is 7.69. The van der Waals surface area contributed by atoms with Crippen molar-refractivity contribution >= 4 is 33.1 Å². The monoisotopic (exact) mass is 392 g/mol. The lowest BCUT2D eigenvalue weighted by molar-refractivity contribution is -0.130. The molecule has 0 radical (unpaired) electrons. The van der Waals surface area contributed by atoms with Crippen LogP contribution in [0.25, 0.3) is 0 Å². The number of sulfonamides is 1. The summed E-state index contributed by atoms with van der Waals surface area (Å²) >= 11 is 1.61. The minimum atomic E-state index is -3.80. The summed E-state index contributed by atoms with van der Waals surface area (Å²) in [7, 11) is -3.80. The maximum Gasteiger partial charge on any atom is 0.241 e. The first-order chi connectivity index (χ1) is 12.4. The van der Waals surface area contributed by atoms with Crippen LogP contribution < -0.4 is 4.72 Å². The van der Waals surface area contributed by atoms with Crippen LogP contribution in [0.1, 0.15) is 41.0 Å². The Morgan fingerprint density at radius 1 is 1.23 bits per heavy atom. The Morgan fingerprint density at radius 3 is 2.58 bits per heavy atom. The normalized spacial score (nSPS) is 17.4. The molecule has 1 fully saturated rings. The van der Waals surface area contributed by atoms with Gasteiger partial charge in [-0.3, -0.25) is 9.59 Å². The first-order valence-electron chi connectivity index (χ1n) is 8.32. The average Bonchev–Trinajstić information content (AvgIpc) is 3.30. The molecule has 1 aromatic carbocycles. The van der Waals surface area contributed by atoms with E-state index in [4.69, 9.17) is 0 Å². The molecule has 0 aliphatic carbocycles. The molecule has 1 unspecified atom stereocenters. The molecule has 1 saturated heterocycles. The number of ketones is 1. The maximum absolute atomic E-state index is 12.5. The molecule has 1 aromatic heterocycles. The highest BCUT2D eigenvalue weighted by molar-refractivity contribution is 7.89. The lowest BCUT2D eigenvalue weighted by Gasteiger charge is -2.24. The fourth-order valence-electron chi connectivity index (χ4n) is 3.05.